The maximum absolute atomic E-state index is 5.31. The van der Waals surface area contributed by atoms with Gasteiger partial charge in [-0.05, 0) is 252 Å². The van der Waals surface area contributed by atoms with Gasteiger partial charge in [0.1, 0.15) is 19.0 Å². The first kappa shape index (κ1) is 77.5. The van der Waals surface area contributed by atoms with E-state index in [9.17, 15) is 0 Å². The van der Waals surface area contributed by atoms with Gasteiger partial charge in [-0.2, -0.15) is 0 Å². The molecule has 0 spiro atoms. The highest BCUT2D eigenvalue weighted by Crippen LogP contribution is 2.52. The number of aromatic nitrogens is 9. The molecule has 1 aliphatic carbocycles. The Morgan fingerprint density at radius 3 is 1.31 bits per heavy atom. The topological polar surface area (TPSA) is 108 Å². The minimum atomic E-state index is -0.0904. The zero-order valence-electron chi connectivity index (χ0n) is 73.2. The van der Waals surface area contributed by atoms with Gasteiger partial charge in [-0.25, -0.2) is 34.9 Å². The lowest BCUT2D eigenvalue weighted by molar-refractivity contribution is 0.660. The molecule has 0 saturated carbocycles. The summed E-state index contributed by atoms with van der Waals surface area (Å²) in [5.41, 5.74) is 19.8. The highest BCUT2D eigenvalue weighted by atomic mass is 15.0. The Hall–Kier alpha value is -17.7. The fourth-order valence-corrected chi connectivity index (χ4v) is 21.7. The summed E-state index contributed by atoms with van der Waals surface area (Å²) in [6.45, 7) is 4.60. The van der Waals surface area contributed by atoms with Gasteiger partial charge in [0.2, 0.25) is 0 Å². The lowest BCUT2D eigenvalue weighted by Gasteiger charge is -2.21. The maximum atomic E-state index is 5.31. The van der Waals surface area contributed by atoms with E-state index in [-0.39, 0.29) is 5.41 Å². The highest BCUT2D eigenvalue weighted by molar-refractivity contribution is 6.40. The second kappa shape index (κ2) is 31.3. The van der Waals surface area contributed by atoms with Crippen LogP contribution in [0.2, 0.25) is 0 Å². The van der Waals surface area contributed by atoms with E-state index in [1.54, 1.807) is 19.0 Å². The number of nitrogens with zero attached hydrogens (tertiary/aromatic N) is 9. The summed E-state index contributed by atoms with van der Waals surface area (Å²) in [4.78, 5) is 37.7. The van der Waals surface area contributed by atoms with Crippen LogP contribution in [0.3, 0.4) is 0 Å². The van der Waals surface area contributed by atoms with Crippen LogP contribution in [0.4, 0.5) is 0 Å². The average Bonchev–Trinajstić information content (AvgIpc) is 1.08. The number of para-hydroxylation sites is 2. The number of fused-ring (bicyclic) bond motifs is 32. The molecule has 0 fully saturated rings. The van der Waals surface area contributed by atoms with Crippen LogP contribution < -0.4 is 0 Å². The van der Waals surface area contributed by atoms with Crippen molar-refractivity contribution < 1.29 is 0 Å². The zero-order valence-corrected chi connectivity index (χ0v) is 73.2. The molecule has 0 radical (unpaired) electrons. The molecule has 0 amide bonds. The van der Waals surface area contributed by atoms with Gasteiger partial charge < -0.3 is 4.57 Å². The van der Waals surface area contributed by atoms with Crippen LogP contribution in [-0.4, -0.2) is 44.4 Å². The van der Waals surface area contributed by atoms with Crippen molar-refractivity contribution in [1.82, 2.24) is 44.4 Å². The Kier molecular flexibility index (Phi) is 18.1. The molecule has 27 aromatic rings. The molecule has 9 heteroatoms. The number of hydrogen-bond acceptors (Lipinski definition) is 8. The van der Waals surface area contributed by atoms with Gasteiger partial charge in [-0.15, -0.1) is 0 Å². The van der Waals surface area contributed by atoms with Crippen molar-refractivity contribution in [2.75, 3.05) is 0 Å². The predicted molar refractivity (Wildman–Crippen MR) is 559 cm³/mol. The summed E-state index contributed by atoms with van der Waals surface area (Å²) in [6, 6.07) is 151. The molecule has 22 aromatic carbocycles. The van der Waals surface area contributed by atoms with Crippen molar-refractivity contribution in [3.05, 3.63) is 455 Å². The third kappa shape index (κ3) is 12.7. The van der Waals surface area contributed by atoms with Gasteiger partial charge in [0, 0.05) is 61.5 Å². The molecule has 134 heavy (non-hydrogen) atoms. The molecule has 0 aliphatic heterocycles. The first-order valence-corrected chi connectivity index (χ1v) is 45.6. The Morgan fingerprint density at radius 2 is 0.627 bits per heavy atom. The maximum Gasteiger partial charge on any atom is 0.163 e. The minimum Gasteiger partial charge on any atom is -0.309 e. The Labute approximate surface area is 771 Å². The molecule has 0 unspecified atom stereocenters. The fraction of sp³-hybridized carbons (Fsp3) is 0.0240. The Bertz CT molecular complexity index is 9550. The summed E-state index contributed by atoms with van der Waals surface area (Å²) in [6.07, 6.45) is 6.66. The van der Waals surface area contributed by atoms with E-state index in [0.29, 0.717) is 17.5 Å². The Morgan fingerprint density at radius 1 is 0.201 bits per heavy atom. The summed E-state index contributed by atoms with van der Waals surface area (Å²) >= 11 is 0. The Balaban J connectivity index is 0.000000106. The lowest BCUT2D eigenvalue weighted by Crippen LogP contribution is -2.15. The van der Waals surface area contributed by atoms with Crippen LogP contribution in [0, 0.1) is 0 Å². The molecule has 5 heterocycles. The smallest absolute Gasteiger partial charge is 0.163 e. The number of benzene rings is 22. The SMILES string of the molecule is CC1(C)c2ccccc2-c2ccc(-c3ncnc(-c4ccc5c6ccccc6c6c7ccccc7c7ccccc7c6c5c4)n3)cc21.c1ccc(-c2ccnc(-c3cc4c5ccccc5c5c6ccccc6ccc5c4c4ccccc34)c2)cc1.c1ccc(-n2c3ccccc3c3cc(-c4cc(-c5ncncn5)cc(-c5ccc6ccc7c8ccccc8ccc7c6c5)n4)ccc32)cc1. The third-order valence-corrected chi connectivity index (χ3v) is 27.9. The van der Waals surface area contributed by atoms with Crippen molar-refractivity contribution in [1.29, 1.82) is 0 Å². The van der Waals surface area contributed by atoms with E-state index in [2.05, 4.69) is 457 Å². The monoisotopic (exact) mass is 1710 g/mol. The molecule has 1 aliphatic rings. The zero-order chi connectivity index (χ0) is 88.6. The second-order valence-corrected chi connectivity index (χ2v) is 35.5. The van der Waals surface area contributed by atoms with Gasteiger partial charge in [-0.3, -0.25) is 4.98 Å². The van der Waals surface area contributed by atoms with Crippen molar-refractivity contribution in [3.63, 3.8) is 0 Å². The summed E-state index contributed by atoms with van der Waals surface area (Å²) in [5, 5.41) is 35.2. The van der Waals surface area contributed by atoms with Crippen molar-refractivity contribution >= 4 is 162 Å². The van der Waals surface area contributed by atoms with Crippen molar-refractivity contribution in [3.8, 4) is 95.9 Å². The van der Waals surface area contributed by atoms with E-state index in [4.69, 9.17) is 19.9 Å². The van der Waals surface area contributed by atoms with Crippen LogP contribution in [0.1, 0.15) is 25.0 Å². The van der Waals surface area contributed by atoms with Gasteiger partial charge >= 0.3 is 0 Å². The van der Waals surface area contributed by atoms with Crippen molar-refractivity contribution in [2.24, 2.45) is 0 Å². The molecule has 9 nitrogen and oxygen atoms in total. The average molecular weight is 1710 g/mol. The minimum absolute atomic E-state index is 0.0904. The van der Waals surface area contributed by atoms with Gasteiger partial charge in [0.25, 0.3) is 0 Å². The predicted octanol–water partition coefficient (Wildman–Crippen LogP) is 32.3. The highest BCUT2D eigenvalue weighted by Gasteiger charge is 2.36. The quantitative estimate of drug-likeness (QED) is 0.138. The fourth-order valence-electron chi connectivity index (χ4n) is 21.7. The molecule has 0 N–H and O–H groups in total. The van der Waals surface area contributed by atoms with E-state index in [1.165, 1.54) is 190 Å². The van der Waals surface area contributed by atoms with Gasteiger partial charge in [0.15, 0.2) is 17.5 Å². The summed E-state index contributed by atoms with van der Waals surface area (Å²) in [7, 11) is 0. The van der Waals surface area contributed by atoms with Crippen LogP contribution in [-0.2, 0) is 5.41 Å². The largest absolute Gasteiger partial charge is 0.309 e. The third-order valence-electron chi connectivity index (χ3n) is 27.9. The molecule has 0 saturated heterocycles. The first-order chi connectivity index (χ1) is 66.2. The summed E-state index contributed by atoms with van der Waals surface area (Å²) < 4.78 is 2.33. The van der Waals surface area contributed by atoms with Crippen LogP contribution >= 0.6 is 0 Å². The van der Waals surface area contributed by atoms with Crippen LogP contribution in [0.25, 0.3) is 258 Å². The number of rotatable bonds is 8. The molecule has 5 aromatic heterocycles. The number of hydrogen-bond donors (Lipinski definition) is 0. The van der Waals surface area contributed by atoms with E-state index in [0.717, 1.165) is 61.7 Å². The molecule has 0 bridgehead atoms. The van der Waals surface area contributed by atoms with Gasteiger partial charge in [0.05, 0.1) is 28.1 Å². The molecular formula is C125H79N9. The van der Waals surface area contributed by atoms with E-state index in [1.807, 2.05) is 6.20 Å². The first-order valence-electron chi connectivity index (χ1n) is 45.6. The molecule has 28 rings (SSSR count). The lowest BCUT2D eigenvalue weighted by atomic mass is 9.82. The number of pyridine rings is 2. The van der Waals surface area contributed by atoms with Crippen LogP contribution in [0.5, 0.6) is 0 Å². The van der Waals surface area contributed by atoms with E-state index >= 15 is 0 Å². The molecule has 0 atom stereocenters. The molecule has 624 valence electrons. The standard InChI is InChI=1S/C44H27N5.C44H29N3.C37H23N/c1-2-9-33(10-3-1)49-42-13-7-6-12-37(42)39-23-31(18-21-43(39)49)41-25-32(44-46-26-45-27-47-44)24-40(48-41)30-15-14-29-17-19-35-34-11-5-4-8-28(34)16-20-36(35)38(29)22-30;1-44(2)38-18-10-9-14-32(38)33-22-20-27(24-39(33)44)43-46-25-45-42(47-43)26-19-21-31-30-13-5-7-16-35(30)40-34-15-6-3-11-28(34)29-12-4-8-17-36(29)41(40)37(31)23-26;1-2-10-24(11-3-1)26-20-21-38-35(22-26)33-23-34-29-15-7-9-17-31(29)36-27-13-5-4-12-25(27)18-19-32(36)37(34)30-16-8-6-14-28(30)33/h1-27H;3-25H,1-2H3;1-23H. The van der Waals surface area contributed by atoms with Gasteiger partial charge in [-0.1, -0.05) is 354 Å². The van der Waals surface area contributed by atoms with Crippen LogP contribution in [0.15, 0.2) is 444 Å². The summed E-state index contributed by atoms with van der Waals surface area (Å²) in [5.74, 6) is 1.97. The second-order valence-electron chi connectivity index (χ2n) is 35.5. The van der Waals surface area contributed by atoms with Crippen molar-refractivity contribution in [2.45, 2.75) is 19.3 Å². The molecular weight excluding hydrogens is 1630 g/mol. The van der Waals surface area contributed by atoms with E-state index < -0.39 is 0 Å². The normalized spacial score (nSPS) is 12.3.